The second-order valence-electron chi connectivity index (χ2n) is 8.60. The number of para-hydroxylation sites is 1. The minimum Gasteiger partial charge on any atom is -0.461 e. The summed E-state index contributed by atoms with van der Waals surface area (Å²) in [5.74, 6) is -2.20. The number of sulfonamides is 1. The molecule has 0 atom stereocenters. The smallest absolute Gasteiger partial charge is 0.370 e. The van der Waals surface area contributed by atoms with E-state index < -0.39 is 27.4 Å². The number of nitrogens with zero attached hydrogens (tertiary/aromatic N) is 2. The highest BCUT2D eigenvalue weighted by atomic mass is 32.2. The molecule has 4 rings (SSSR count). The van der Waals surface area contributed by atoms with Crippen LogP contribution in [0.5, 0.6) is 5.75 Å². The van der Waals surface area contributed by atoms with Gasteiger partial charge in [-0.05, 0) is 44.2 Å². The van der Waals surface area contributed by atoms with E-state index in [0.29, 0.717) is 23.4 Å². The van der Waals surface area contributed by atoms with E-state index >= 15 is 0 Å². The van der Waals surface area contributed by atoms with Gasteiger partial charge in [-0.3, -0.25) is 0 Å². The second-order valence-corrected chi connectivity index (χ2v) is 11.4. The van der Waals surface area contributed by atoms with Crippen LogP contribution in [0.4, 0.5) is 15.8 Å². The number of carbonyl (C=O) groups excluding carboxylic acids is 1. The summed E-state index contributed by atoms with van der Waals surface area (Å²) < 4.78 is 53.6. The van der Waals surface area contributed by atoms with Crippen molar-refractivity contribution >= 4 is 39.1 Å². The molecule has 0 saturated heterocycles. The first kappa shape index (κ1) is 25.5. The Morgan fingerprint density at radius 2 is 1.89 bits per heavy atom. The van der Waals surface area contributed by atoms with Crippen molar-refractivity contribution < 1.29 is 27.1 Å². The van der Waals surface area contributed by atoms with E-state index in [2.05, 4.69) is 9.64 Å². The molecule has 0 radical (unpaired) electrons. The van der Waals surface area contributed by atoms with Gasteiger partial charge in [-0.2, -0.15) is 8.70 Å². The molecule has 2 aliphatic rings. The summed E-state index contributed by atoms with van der Waals surface area (Å²) in [7, 11) is -2.26. The SMILES string of the molecule is CCOC(=O)/C(F)=C/Oc1cc2c(cc1SC)N(c1ccccc1)CC1(CCCC1)N(C)S2(=O)=O. The first-order chi connectivity index (χ1) is 16.7. The third-order valence-electron chi connectivity index (χ3n) is 6.66. The van der Waals surface area contributed by atoms with E-state index in [1.807, 2.05) is 36.6 Å². The molecule has 7 nitrogen and oxygen atoms in total. The topological polar surface area (TPSA) is 76.2 Å². The lowest BCUT2D eigenvalue weighted by Gasteiger charge is -2.38. The number of thioether (sulfide) groups is 1. The molecular weight excluding hydrogens is 491 g/mol. The van der Waals surface area contributed by atoms with Crippen molar-refractivity contribution in [2.24, 2.45) is 0 Å². The number of hydrogen-bond acceptors (Lipinski definition) is 7. The maximum Gasteiger partial charge on any atom is 0.370 e. The number of ether oxygens (including phenoxy) is 2. The zero-order valence-corrected chi connectivity index (χ0v) is 21.6. The van der Waals surface area contributed by atoms with Crippen molar-refractivity contribution in [3.05, 3.63) is 54.6 Å². The van der Waals surface area contributed by atoms with Gasteiger partial charge in [0.25, 0.3) is 0 Å². The van der Waals surface area contributed by atoms with Crippen LogP contribution in [0.2, 0.25) is 0 Å². The van der Waals surface area contributed by atoms with Crippen molar-refractivity contribution in [2.75, 3.05) is 31.4 Å². The number of esters is 1. The summed E-state index contributed by atoms with van der Waals surface area (Å²) in [6, 6.07) is 12.9. The van der Waals surface area contributed by atoms with Gasteiger partial charge in [0.05, 0.1) is 22.7 Å². The van der Waals surface area contributed by atoms with E-state index in [1.165, 1.54) is 22.1 Å². The van der Waals surface area contributed by atoms with Crippen molar-refractivity contribution in [3.8, 4) is 5.75 Å². The molecular formula is C25H29FN2O5S2. The van der Waals surface area contributed by atoms with Gasteiger partial charge >= 0.3 is 5.97 Å². The van der Waals surface area contributed by atoms with Gasteiger partial charge in [0.15, 0.2) is 0 Å². The summed E-state index contributed by atoms with van der Waals surface area (Å²) >= 11 is 1.34. The molecule has 0 unspecified atom stereocenters. The normalized spacial score (nSPS) is 19.3. The Bertz CT molecular complexity index is 1230. The van der Waals surface area contributed by atoms with Crippen LogP contribution < -0.4 is 9.64 Å². The second kappa shape index (κ2) is 10.2. The number of carbonyl (C=O) groups is 1. The molecule has 2 aromatic carbocycles. The summed E-state index contributed by atoms with van der Waals surface area (Å²) in [5.41, 5.74) is 0.891. The summed E-state index contributed by atoms with van der Waals surface area (Å²) in [5, 5.41) is 0. The molecule has 0 amide bonds. The van der Waals surface area contributed by atoms with Gasteiger partial charge in [0.1, 0.15) is 16.9 Å². The number of fused-ring (bicyclic) bond motifs is 1. The Labute approximate surface area is 209 Å². The molecule has 1 aliphatic heterocycles. The van der Waals surface area contributed by atoms with Crippen LogP contribution in [0.3, 0.4) is 0 Å². The lowest BCUT2D eigenvalue weighted by molar-refractivity contribution is -0.140. The number of likely N-dealkylation sites (N-methyl/N-ethyl adjacent to an activating group) is 1. The molecule has 1 fully saturated rings. The average Bonchev–Trinajstić information content (AvgIpc) is 3.33. The van der Waals surface area contributed by atoms with Crippen LogP contribution in [0.1, 0.15) is 32.6 Å². The van der Waals surface area contributed by atoms with Crippen LogP contribution in [-0.4, -0.2) is 50.7 Å². The minimum absolute atomic E-state index is 0.0245. The summed E-state index contributed by atoms with van der Waals surface area (Å²) in [6.45, 7) is 2.11. The highest BCUT2D eigenvalue weighted by molar-refractivity contribution is 7.98. The van der Waals surface area contributed by atoms with Crippen LogP contribution >= 0.6 is 11.8 Å². The highest BCUT2D eigenvalue weighted by Crippen LogP contribution is 2.48. The third kappa shape index (κ3) is 4.79. The van der Waals surface area contributed by atoms with Crippen molar-refractivity contribution in [1.82, 2.24) is 4.31 Å². The number of anilines is 2. The molecule has 0 N–H and O–H groups in total. The van der Waals surface area contributed by atoms with E-state index in [9.17, 15) is 17.6 Å². The average molecular weight is 521 g/mol. The van der Waals surface area contributed by atoms with E-state index in [1.54, 1.807) is 20.0 Å². The molecule has 1 spiro atoms. The predicted octanol–water partition coefficient (Wildman–Crippen LogP) is 5.25. The number of rotatable bonds is 6. The van der Waals surface area contributed by atoms with Gasteiger partial charge in [-0.25, -0.2) is 13.2 Å². The Kier molecular flexibility index (Phi) is 7.44. The van der Waals surface area contributed by atoms with Gasteiger partial charge in [-0.15, -0.1) is 11.8 Å². The fraction of sp³-hybridized carbons (Fsp3) is 0.400. The number of hydrogen-bond donors (Lipinski definition) is 0. The standard InChI is InChI=1S/C25H29FN2O5S2/c1-4-32-24(29)19(26)16-33-21-15-23-20(14-22(21)34-3)28(18-10-6-5-7-11-18)17-25(12-8-9-13-25)27(2)35(23,30)31/h5-7,10-11,14-16H,4,8-9,12-13,17H2,1-3H3/b19-16-. The van der Waals surface area contributed by atoms with Crippen LogP contribution in [0.15, 0.2) is 64.3 Å². The molecule has 2 aromatic rings. The lowest BCUT2D eigenvalue weighted by atomic mass is 9.96. The lowest BCUT2D eigenvalue weighted by Crippen LogP contribution is -2.51. The zero-order valence-electron chi connectivity index (χ0n) is 20.0. The largest absolute Gasteiger partial charge is 0.461 e. The fourth-order valence-electron chi connectivity index (χ4n) is 4.79. The molecule has 1 saturated carbocycles. The third-order valence-corrected chi connectivity index (χ3v) is 9.41. The number of benzene rings is 2. The quantitative estimate of drug-likeness (QED) is 0.223. The van der Waals surface area contributed by atoms with E-state index in [4.69, 9.17) is 4.74 Å². The molecule has 0 bridgehead atoms. The number of halogens is 1. The monoisotopic (exact) mass is 520 g/mol. The molecule has 10 heteroatoms. The fourth-order valence-corrected chi connectivity index (χ4v) is 7.06. The van der Waals surface area contributed by atoms with Gasteiger partial charge < -0.3 is 14.4 Å². The molecule has 1 aliphatic carbocycles. The Balaban J connectivity index is 1.88. The van der Waals surface area contributed by atoms with Gasteiger partial charge in [0.2, 0.25) is 15.9 Å². The van der Waals surface area contributed by atoms with Crippen molar-refractivity contribution in [3.63, 3.8) is 0 Å². The van der Waals surface area contributed by atoms with Crippen LogP contribution in [0.25, 0.3) is 0 Å². The maximum atomic E-state index is 14.1. The summed E-state index contributed by atoms with van der Waals surface area (Å²) in [6.07, 6.45) is 5.93. The molecule has 188 valence electrons. The minimum atomic E-state index is -3.90. The Morgan fingerprint density at radius 3 is 2.51 bits per heavy atom. The molecule has 0 aromatic heterocycles. The first-order valence-electron chi connectivity index (χ1n) is 11.5. The Hall–Kier alpha value is -2.56. The predicted molar refractivity (Wildman–Crippen MR) is 134 cm³/mol. The molecule has 35 heavy (non-hydrogen) atoms. The molecule has 1 heterocycles. The van der Waals surface area contributed by atoms with Crippen molar-refractivity contribution in [2.45, 2.75) is 47.9 Å². The van der Waals surface area contributed by atoms with Gasteiger partial charge in [0, 0.05) is 25.3 Å². The Morgan fingerprint density at radius 1 is 1.20 bits per heavy atom. The van der Waals surface area contributed by atoms with E-state index in [-0.39, 0.29) is 17.3 Å². The highest BCUT2D eigenvalue weighted by Gasteiger charge is 2.49. The van der Waals surface area contributed by atoms with Crippen LogP contribution in [-0.2, 0) is 19.6 Å². The first-order valence-corrected chi connectivity index (χ1v) is 14.1. The zero-order chi connectivity index (χ0) is 25.2. The summed E-state index contributed by atoms with van der Waals surface area (Å²) in [4.78, 5) is 14.4. The van der Waals surface area contributed by atoms with Crippen LogP contribution in [0, 0.1) is 0 Å². The van der Waals surface area contributed by atoms with Crippen molar-refractivity contribution in [1.29, 1.82) is 0 Å². The van der Waals surface area contributed by atoms with Gasteiger partial charge in [-0.1, -0.05) is 31.0 Å². The maximum absolute atomic E-state index is 14.1. The van der Waals surface area contributed by atoms with E-state index in [0.717, 1.165) is 31.4 Å².